The number of hydrogen-bond acceptors (Lipinski definition) is 6. The molecule has 8 heteroatoms. The van der Waals surface area contributed by atoms with Crippen molar-refractivity contribution < 1.29 is 14.7 Å². The summed E-state index contributed by atoms with van der Waals surface area (Å²) < 4.78 is 1.45. The highest BCUT2D eigenvalue weighted by atomic mass is 16.2. The number of nitrogens with zero attached hydrogens (tertiary/aromatic N) is 4. The van der Waals surface area contributed by atoms with Gasteiger partial charge in [0, 0.05) is 39.0 Å². The number of carbonyl (C=O) groups is 2. The Morgan fingerprint density at radius 1 is 1.10 bits per heavy atom. The monoisotopic (exact) mass is 414 g/mol. The minimum atomic E-state index is -0.404. The van der Waals surface area contributed by atoms with E-state index < -0.39 is 6.04 Å². The smallest absolute Gasteiger partial charge is 0.259 e. The second-order valence-electron chi connectivity index (χ2n) is 7.82. The molecule has 0 bridgehead atoms. The molecule has 30 heavy (non-hydrogen) atoms. The van der Waals surface area contributed by atoms with E-state index in [9.17, 15) is 14.4 Å². The Balaban J connectivity index is 0.00000124. The minimum absolute atomic E-state index is 0.186. The molecule has 0 aromatic carbocycles. The molecule has 1 atom stereocenters. The van der Waals surface area contributed by atoms with E-state index in [-0.39, 0.29) is 11.5 Å². The van der Waals surface area contributed by atoms with Gasteiger partial charge in [-0.3, -0.25) is 14.0 Å². The molecular weight excluding hydrogens is 384 g/mol. The van der Waals surface area contributed by atoms with E-state index in [1.165, 1.54) is 10.8 Å². The van der Waals surface area contributed by atoms with Crippen LogP contribution in [0.1, 0.15) is 54.4 Å². The molecule has 2 aliphatic rings. The van der Waals surface area contributed by atoms with Crippen molar-refractivity contribution in [3.8, 4) is 0 Å². The molecule has 2 saturated heterocycles. The number of fused-ring (bicyclic) bond motifs is 1. The van der Waals surface area contributed by atoms with Crippen molar-refractivity contribution in [2.75, 3.05) is 31.6 Å². The lowest BCUT2D eigenvalue weighted by Gasteiger charge is -2.32. The van der Waals surface area contributed by atoms with Crippen molar-refractivity contribution in [3.05, 3.63) is 39.8 Å². The van der Waals surface area contributed by atoms with Crippen molar-refractivity contribution in [1.82, 2.24) is 14.3 Å². The van der Waals surface area contributed by atoms with Crippen LogP contribution in [0.4, 0.5) is 5.82 Å². The topological polar surface area (TPSA) is 95.2 Å². The molecule has 4 rings (SSSR count). The lowest BCUT2D eigenvalue weighted by atomic mass is 10.0. The number of aliphatic hydroxyl groups excluding tert-OH is 1. The Labute approximate surface area is 176 Å². The largest absolute Gasteiger partial charge is 0.400 e. The zero-order valence-electron chi connectivity index (χ0n) is 17.7. The van der Waals surface area contributed by atoms with Crippen LogP contribution in [-0.4, -0.2) is 64.4 Å². The maximum absolute atomic E-state index is 13.3. The average Bonchev–Trinajstić information content (AvgIpc) is 2.80. The molecule has 2 aliphatic heterocycles. The number of aliphatic hydroxyl groups is 1. The molecule has 4 heterocycles. The van der Waals surface area contributed by atoms with Crippen LogP contribution >= 0.6 is 0 Å². The van der Waals surface area contributed by atoms with E-state index in [2.05, 4.69) is 4.90 Å². The summed E-state index contributed by atoms with van der Waals surface area (Å²) in [7, 11) is 1.00. The Bertz CT molecular complexity index is 965. The van der Waals surface area contributed by atoms with Crippen molar-refractivity contribution in [1.29, 1.82) is 0 Å². The second kappa shape index (κ2) is 9.84. The highest BCUT2D eigenvalue weighted by Gasteiger charge is 2.29. The number of carbonyl (C=O) groups excluding carboxylic acids is 2. The number of piperidine rings is 2. The summed E-state index contributed by atoms with van der Waals surface area (Å²) in [6.07, 6.45) is 8.43. The highest BCUT2D eigenvalue weighted by molar-refractivity contribution is 6.01. The fourth-order valence-electron chi connectivity index (χ4n) is 4.27. The van der Waals surface area contributed by atoms with Gasteiger partial charge < -0.3 is 19.7 Å². The number of likely N-dealkylation sites (tertiary alicyclic amines) is 1. The summed E-state index contributed by atoms with van der Waals surface area (Å²) in [6.45, 7) is 4.15. The van der Waals surface area contributed by atoms with Crippen LogP contribution < -0.4 is 10.5 Å². The molecule has 2 fully saturated rings. The number of aldehydes is 1. The predicted molar refractivity (Wildman–Crippen MR) is 115 cm³/mol. The summed E-state index contributed by atoms with van der Waals surface area (Å²) in [4.78, 5) is 46.1. The molecule has 0 aliphatic carbocycles. The minimum Gasteiger partial charge on any atom is -0.400 e. The van der Waals surface area contributed by atoms with Crippen molar-refractivity contribution in [3.63, 3.8) is 0 Å². The van der Waals surface area contributed by atoms with Gasteiger partial charge in [-0.2, -0.15) is 0 Å². The van der Waals surface area contributed by atoms with E-state index in [1.807, 2.05) is 6.92 Å². The summed E-state index contributed by atoms with van der Waals surface area (Å²) >= 11 is 0. The van der Waals surface area contributed by atoms with Gasteiger partial charge in [0.1, 0.15) is 12.1 Å². The van der Waals surface area contributed by atoms with Gasteiger partial charge in [0.25, 0.3) is 11.5 Å². The van der Waals surface area contributed by atoms with Crippen LogP contribution in [0.15, 0.2) is 23.1 Å². The summed E-state index contributed by atoms with van der Waals surface area (Å²) in [6, 6.07) is 2.93. The number of aryl methyl sites for hydroxylation is 1. The van der Waals surface area contributed by atoms with Crippen LogP contribution in [0, 0.1) is 6.92 Å². The first-order valence-electron chi connectivity index (χ1n) is 10.6. The lowest BCUT2D eigenvalue weighted by Crippen LogP contribution is -2.45. The molecule has 8 nitrogen and oxygen atoms in total. The molecule has 0 spiro atoms. The molecular formula is C22H30N4O4. The van der Waals surface area contributed by atoms with Crippen molar-refractivity contribution >= 4 is 23.7 Å². The summed E-state index contributed by atoms with van der Waals surface area (Å²) in [5.41, 5.74) is 1.39. The number of rotatable bonds is 3. The first-order chi connectivity index (χ1) is 14.6. The zero-order chi connectivity index (χ0) is 21.7. The SMILES string of the molecule is CO.Cc1cc(C(=O)N2CCCCC2C=O)c2nc(N3CCCCC3)cc(=O)n2c1. The van der Waals surface area contributed by atoms with Gasteiger partial charge in [-0.25, -0.2) is 4.98 Å². The maximum Gasteiger partial charge on any atom is 0.259 e. The van der Waals surface area contributed by atoms with Gasteiger partial charge in [0.15, 0.2) is 5.65 Å². The standard InChI is InChI=1S/C21H26N4O3.CH4O/c1-15-11-17(21(28)24-10-6-3-7-16(24)14-26)20-22-18(12-19(27)25(20)13-15)23-8-4-2-5-9-23;1-2/h11-14,16H,2-10H2,1H3;2H,1H3. The van der Waals surface area contributed by atoms with E-state index in [0.717, 1.165) is 57.7 Å². The van der Waals surface area contributed by atoms with Crippen LogP contribution in [0.25, 0.3) is 5.65 Å². The van der Waals surface area contributed by atoms with E-state index in [0.29, 0.717) is 30.0 Å². The fraction of sp³-hybridized carbons (Fsp3) is 0.545. The maximum atomic E-state index is 13.3. The van der Waals surface area contributed by atoms with Crippen LogP contribution in [-0.2, 0) is 4.79 Å². The Kier molecular flexibility index (Phi) is 7.20. The normalized spacial score (nSPS) is 19.2. The van der Waals surface area contributed by atoms with Crippen molar-refractivity contribution in [2.24, 2.45) is 0 Å². The predicted octanol–water partition coefficient (Wildman–Crippen LogP) is 1.80. The molecule has 0 saturated carbocycles. The molecule has 1 amide bonds. The Hall–Kier alpha value is -2.74. The first-order valence-corrected chi connectivity index (χ1v) is 10.6. The molecule has 162 valence electrons. The number of aromatic nitrogens is 2. The molecule has 1 unspecified atom stereocenters. The average molecular weight is 415 g/mol. The third-order valence-electron chi connectivity index (χ3n) is 5.76. The molecule has 2 aromatic heterocycles. The van der Waals surface area contributed by atoms with Crippen LogP contribution in [0.3, 0.4) is 0 Å². The summed E-state index contributed by atoms with van der Waals surface area (Å²) in [5, 5.41) is 7.00. The van der Waals surface area contributed by atoms with Gasteiger partial charge in [-0.15, -0.1) is 0 Å². The molecule has 1 N–H and O–H groups in total. The quantitative estimate of drug-likeness (QED) is 0.770. The number of hydrogen-bond donors (Lipinski definition) is 1. The van der Waals surface area contributed by atoms with Crippen LogP contribution in [0.2, 0.25) is 0 Å². The number of anilines is 1. The van der Waals surface area contributed by atoms with E-state index >= 15 is 0 Å². The second-order valence-corrected chi connectivity index (χ2v) is 7.82. The fourth-order valence-corrected chi connectivity index (χ4v) is 4.27. The third kappa shape index (κ3) is 4.38. The van der Waals surface area contributed by atoms with E-state index in [4.69, 9.17) is 10.1 Å². The summed E-state index contributed by atoms with van der Waals surface area (Å²) in [5.74, 6) is 0.411. The van der Waals surface area contributed by atoms with Gasteiger partial charge in [-0.05, 0) is 57.1 Å². The van der Waals surface area contributed by atoms with Gasteiger partial charge in [-0.1, -0.05) is 0 Å². The molecule has 2 aromatic rings. The highest BCUT2D eigenvalue weighted by Crippen LogP contribution is 2.23. The third-order valence-corrected chi connectivity index (χ3v) is 5.76. The Morgan fingerprint density at radius 3 is 2.50 bits per heavy atom. The van der Waals surface area contributed by atoms with Crippen LogP contribution in [0.5, 0.6) is 0 Å². The van der Waals surface area contributed by atoms with Crippen molar-refractivity contribution in [2.45, 2.75) is 51.5 Å². The zero-order valence-corrected chi connectivity index (χ0v) is 17.7. The Morgan fingerprint density at radius 2 is 1.80 bits per heavy atom. The lowest BCUT2D eigenvalue weighted by molar-refractivity contribution is -0.112. The molecule has 0 radical (unpaired) electrons. The number of pyridine rings is 1. The first kappa shape index (κ1) is 22.0. The number of amides is 1. The van der Waals surface area contributed by atoms with E-state index in [1.54, 1.807) is 23.2 Å². The van der Waals surface area contributed by atoms with Gasteiger partial charge >= 0.3 is 0 Å². The van der Waals surface area contributed by atoms with Gasteiger partial charge in [0.2, 0.25) is 0 Å². The van der Waals surface area contributed by atoms with Gasteiger partial charge in [0.05, 0.1) is 11.6 Å².